The zero-order valence-corrected chi connectivity index (χ0v) is 6.29. The Kier molecular flexibility index (Phi) is 2.04. The molecule has 0 atom stereocenters. The van der Waals surface area contributed by atoms with Gasteiger partial charge < -0.3 is 11.1 Å². The Labute approximate surface area is 67.0 Å². The fourth-order valence-electron chi connectivity index (χ4n) is 0.751. The third-order valence-corrected chi connectivity index (χ3v) is 1.26. The van der Waals surface area contributed by atoms with Crippen molar-refractivity contribution in [1.82, 2.24) is 9.97 Å². The number of hydrogen-bond donors (Lipinski definition) is 3. The Bertz CT molecular complexity index is 357. The first-order valence-electron chi connectivity index (χ1n) is 3.10. The molecule has 0 fully saturated rings. The van der Waals surface area contributed by atoms with Crippen molar-refractivity contribution < 1.29 is 0 Å². The van der Waals surface area contributed by atoms with Gasteiger partial charge in [0.25, 0.3) is 0 Å². The summed E-state index contributed by atoms with van der Waals surface area (Å²) in [6, 6.07) is 0. The van der Waals surface area contributed by atoms with Gasteiger partial charge in [-0.25, -0.2) is 4.79 Å². The maximum Gasteiger partial charge on any atom is 0.348 e. The van der Waals surface area contributed by atoms with Crippen molar-refractivity contribution in [1.29, 1.82) is 0 Å². The minimum absolute atomic E-state index is 0.0752. The first-order valence-corrected chi connectivity index (χ1v) is 3.10. The van der Waals surface area contributed by atoms with Gasteiger partial charge in [0.05, 0.1) is 0 Å². The maximum absolute atomic E-state index is 10.7. The Morgan fingerprint density at radius 1 is 1.67 bits per heavy atom. The van der Waals surface area contributed by atoms with Gasteiger partial charge in [-0.1, -0.05) is 0 Å². The highest BCUT2D eigenvalue weighted by molar-refractivity contribution is 5.71. The van der Waals surface area contributed by atoms with Crippen LogP contribution in [0.2, 0.25) is 0 Å². The lowest BCUT2D eigenvalue weighted by Gasteiger charge is -2.01. The van der Waals surface area contributed by atoms with E-state index >= 15 is 0 Å². The van der Waals surface area contributed by atoms with Crippen LogP contribution >= 0.6 is 0 Å². The van der Waals surface area contributed by atoms with Crippen molar-refractivity contribution in [2.45, 2.75) is 0 Å². The molecule has 0 bridgehead atoms. The zero-order valence-electron chi connectivity index (χ0n) is 6.29. The highest BCUT2D eigenvalue weighted by Gasteiger charge is 2.08. The molecule has 0 saturated heterocycles. The van der Waals surface area contributed by atoms with Crippen LogP contribution in [0.1, 0.15) is 0 Å². The van der Waals surface area contributed by atoms with E-state index in [0.29, 0.717) is 0 Å². The summed E-state index contributed by atoms with van der Waals surface area (Å²) < 4.78 is 0. The lowest BCUT2D eigenvalue weighted by Crippen LogP contribution is -2.14. The number of aromatic amines is 1. The highest BCUT2D eigenvalue weighted by Crippen LogP contribution is 2.24. The molecule has 0 amide bonds. The number of nitrogens with two attached hydrogens (primary N) is 1. The van der Waals surface area contributed by atoms with E-state index in [9.17, 15) is 9.70 Å². The van der Waals surface area contributed by atoms with E-state index in [-0.39, 0.29) is 17.3 Å². The summed E-state index contributed by atoms with van der Waals surface area (Å²) in [5.74, 6) is -0.0133. The van der Waals surface area contributed by atoms with E-state index in [4.69, 9.17) is 5.73 Å². The molecule has 0 unspecified atom stereocenters. The predicted octanol–water partition coefficient (Wildman–Crippen LogP) is -0.208. The van der Waals surface area contributed by atoms with Crippen LogP contribution in [0, 0.1) is 4.91 Å². The van der Waals surface area contributed by atoms with Gasteiger partial charge in [0.2, 0.25) is 0 Å². The van der Waals surface area contributed by atoms with Crippen LogP contribution in [0.25, 0.3) is 0 Å². The molecule has 0 aliphatic heterocycles. The number of hydrogen-bond acceptors (Lipinski definition) is 6. The second-order valence-corrected chi connectivity index (χ2v) is 1.99. The van der Waals surface area contributed by atoms with E-state index in [1.165, 1.54) is 7.05 Å². The molecular formula is C5H7N5O2. The molecule has 7 heteroatoms. The molecule has 7 nitrogen and oxygen atoms in total. The Morgan fingerprint density at radius 3 is 2.83 bits per heavy atom. The fourth-order valence-corrected chi connectivity index (χ4v) is 0.751. The third-order valence-electron chi connectivity index (χ3n) is 1.26. The number of nitrogens with one attached hydrogen (secondary N) is 2. The van der Waals surface area contributed by atoms with Gasteiger partial charge in [-0.2, -0.15) is 4.98 Å². The van der Waals surface area contributed by atoms with Gasteiger partial charge in [-0.15, -0.1) is 4.91 Å². The summed E-state index contributed by atoms with van der Waals surface area (Å²) in [4.78, 5) is 26.5. The topological polar surface area (TPSA) is 113 Å². The molecule has 0 radical (unpaired) electrons. The van der Waals surface area contributed by atoms with Crippen molar-refractivity contribution in [3.63, 3.8) is 0 Å². The van der Waals surface area contributed by atoms with Gasteiger partial charge in [-0.05, 0) is 5.18 Å². The van der Waals surface area contributed by atoms with E-state index in [2.05, 4.69) is 20.5 Å². The van der Waals surface area contributed by atoms with Crippen LogP contribution in [-0.2, 0) is 0 Å². The normalized spacial score (nSPS) is 9.42. The number of aromatic nitrogens is 2. The Morgan fingerprint density at radius 2 is 2.33 bits per heavy atom. The molecule has 12 heavy (non-hydrogen) atoms. The van der Waals surface area contributed by atoms with Crippen molar-refractivity contribution in [3.8, 4) is 0 Å². The number of nitrogens with zero attached hydrogens (tertiary/aromatic N) is 2. The van der Waals surface area contributed by atoms with E-state index in [0.717, 1.165) is 0 Å². The van der Waals surface area contributed by atoms with Crippen LogP contribution < -0.4 is 16.7 Å². The first kappa shape index (κ1) is 8.18. The average Bonchev–Trinajstić information content (AvgIpc) is 2.03. The summed E-state index contributed by atoms with van der Waals surface area (Å²) in [6.45, 7) is 0. The summed E-state index contributed by atoms with van der Waals surface area (Å²) >= 11 is 0. The lowest BCUT2D eigenvalue weighted by atomic mass is 10.4. The molecule has 64 valence electrons. The molecular weight excluding hydrogens is 162 g/mol. The van der Waals surface area contributed by atoms with Crippen molar-refractivity contribution in [3.05, 3.63) is 15.4 Å². The van der Waals surface area contributed by atoms with Crippen molar-refractivity contribution in [2.75, 3.05) is 18.1 Å². The van der Waals surface area contributed by atoms with Crippen LogP contribution in [0.4, 0.5) is 17.3 Å². The van der Waals surface area contributed by atoms with Crippen LogP contribution in [0.15, 0.2) is 9.97 Å². The van der Waals surface area contributed by atoms with Crippen LogP contribution in [-0.4, -0.2) is 17.0 Å². The number of H-pyrrole nitrogens is 1. The summed E-state index contributed by atoms with van der Waals surface area (Å²) in [6.07, 6.45) is 0. The van der Waals surface area contributed by atoms with E-state index in [1.807, 2.05) is 0 Å². The summed E-state index contributed by atoms with van der Waals surface area (Å²) in [7, 11) is 1.51. The standard InChI is InChI=1S/C5H7N5O2/c1-7-4-2(10-12)3(6)8-5(11)9-4/h1H3,(H4,6,7,8,9,11). The molecule has 4 N–H and O–H groups in total. The minimum Gasteiger partial charge on any atom is -0.383 e. The van der Waals surface area contributed by atoms with Gasteiger partial charge in [0.15, 0.2) is 11.5 Å². The van der Waals surface area contributed by atoms with Gasteiger partial charge >= 0.3 is 5.69 Å². The summed E-state index contributed by atoms with van der Waals surface area (Å²) in [5.41, 5.74) is 4.57. The fraction of sp³-hybridized carbons (Fsp3) is 0.200. The van der Waals surface area contributed by atoms with Crippen LogP contribution in [0.3, 0.4) is 0 Å². The zero-order chi connectivity index (χ0) is 9.14. The maximum atomic E-state index is 10.7. The number of anilines is 2. The van der Waals surface area contributed by atoms with E-state index in [1.54, 1.807) is 0 Å². The number of nitrogen functional groups attached to an aromatic ring is 1. The molecule has 0 saturated carbocycles. The monoisotopic (exact) mass is 169 g/mol. The molecule has 1 heterocycles. The van der Waals surface area contributed by atoms with Gasteiger partial charge in [0, 0.05) is 7.05 Å². The van der Waals surface area contributed by atoms with Gasteiger partial charge in [0.1, 0.15) is 5.82 Å². The third kappa shape index (κ3) is 1.24. The van der Waals surface area contributed by atoms with E-state index < -0.39 is 5.69 Å². The lowest BCUT2D eigenvalue weighted by molar-refractivity contribution is 1.08. The molecule has 1 aromatic heterocycles. The number of rotatable bonds is 2. The number of nitroso groups, excluding NO2 is 1. The van der Waals surface area contributed by atoms with Crippen LogP contribution in [0.5, 0.6) is 0 Å². The van der Waals surface area contributed by atoms with Crippen molar-refractivity contribution in [2.24, 2.45) is 5.18 Å². The molecule has 0 aliphatic rings. The smallest absolute Gasteiger partial charge is 0.348 e. The first-order chi connectivity index (χ1) is 5.69. The highest BCUT2D eigenvalue weighted by atomic mass is 16.3. The molecule has 0 aromatic carbocycles. The quantitative estimate of drug-likeness (QED) is 0.530. The van der Waals surface area contributed by atoms with Gasteiger partial charge in [-0.3, -0.25) is 4.98 Å². The SMILES string of the molecule is CNc1nc(=O)[nH]c(N)c1N=O. The molecule has 1 aromatic rings. The molecule has 1 rings (SSSR count). The summed E-state index contributed by atoms with van der Waals surface area (Å²) in [5, 5.41) is 5.14. The second kappa shape index (κ2) is 2.99. The largest absolute Gasteiger partial charge is 0.383 e. The molecule has 0 spiro atoms. The Balaban J connectivity index is 3.43. The van der Waals surface area contributed by atoms with Crippen molar-refractivity contribution >= 4 is 17.3 Å². The Hall–Kier alpha value is -1.92. The minimum atomic E-state index is -0.621. The predicted molar refractivity (Wildman–Crippen MR) is 44.3 cm³/mol. The molecule has 0 aliphatic carbocycles. The second-order valence-electron chi connectivity index (χ2n) is 1.99. The average molecular weight is 169 g/mol.